The first kappa shape index (κ1) is 25.7. The second-order valence-electron chi connectivity index (χ2n) is 9.84. The fourth-order valence-corrected chi connectivity index (χ4v) is 6.08. The first-order valence-electron chi connectivity index (χ1n) is 12.5. The third-order valence-corrected chi connectivity index (χ3v) is 7.95. The lowest BCUT2D eigenvalue weighted by Crippen LogP contribution is -2.60. The Labute approximate surface area is 225 Å². The highest BCUT2D eigenvalue weighted by Crippen LogP contribution is 2.47. The molecule has 5 rings (SSSR count). The highest BCUT2D eigenvalue weighted by Gasteiger charge is 2.49. The summed E-state index contributed by atoms with van der Waals surface area (Å²) >= 11 is 12.3. The Balaban J connectivity index is 1.52. The second kappa shape index (κ2) is 10.8. The number of halogens is 3. The van der Waals surface area contributed by atoms with Crippen molar-refractivity contribution >= 4 is 46.4 Å². The van der Waals surface area contributed by atoms with Crippen LogP contribution >= 0.6 is 23.2 Å². The smallest absolute Gasteiger partial charge is 0.241 e. The molecule has 0 saturated heterocycles. The molecule has 0 aromatic heterocycles. The van der Waals surface area contributed by atoms with Crippen molar-refractivity contribution in [3.05, 3.63) is 93.7 Å². The zero-order valence-corrected chi connectivity index (χ0v) is 21.7. The number of benzene rings is 3. The van der Waals surface area contributed by atoms with Crippen molar-refractivity contribution in [1.82, 2.24) is 5.32 Å². The zero-order chi connectivity index (χ0) is 26.0. The molecule has 5 nitrogen and oxygen atoms in total. The maximum atomic E-state index is 15.0. The Morgan fingerprint density at radius 3 is 2.54 bits per heavy atom. The molecule has 1 heterocycles. The zero-order valence-electron chi connectivity index (χ0n) is 20.2. The van der Waals surface area contributed by atoms with Crippen LogP contribution in [0.15, 0.2) is 66.7 Å². The summed E-state index contributed by atoms with van der Waals surface area (Å²) < 4.78 is 15.0. The lowest BCUT2D eigenvalue weighted by atomic mass is 9.70. The second-order valence-corrected chi connectivity index (χ2v) is 10.7. The first-order chi connectivity index (χ1) is 17.9. The number of para-hydroxylation sites is 1. The highest BCUT2D eigenvalue weighted by atomic mass is 35.5. The van der Waals surface area contributed by atoms with Crippen molar-refractivity contribution in [2.24, 2.45) is 0 Å². The van der Waals surface area contributed by atoms with Crippen LogP contribution in [0.2, 0.25) is 10.0 Å². The fourth-order valence-electron chi connectivity index (χ4n) is 5.72. The van der Waals surface area contributed by atoms with Crippen LogP contribution < -0.4 is 16.0 Å². The largest absolute Gasteiger partial charge is 0.325 e. The average Bonchev–Trinajstić information content (AvgIpc) is 3.22. The van der Waals surface area contributed by atoms with Crippen LogP contribution in [-0.2, 0) is 16.0 Å². The summed E-state index contributed by atoms with van der Waals surface area (Å²) in [6.07, 6.45) is 4.38. The number of carbonyl (C=O) groups is 2. The quantitative estimate of drug-likeness (QED) is 0.312. The molecule has 1 saturated carbocycles. The SMILES string of the molecule is O=C(Nc1ccccc1)C(Cc1cccc(Cl)c1F)NC1(C2C(=O)Nc3cc(Cl)ccc32)CCCCC1. The number of anilines is 2. The molecule has 192 valence electrons. The minimum Gasteiger partial charge on any atom is -0.325 e. The van der Waals surface area contributed by atoms with Gasteiger partial charge in [-0.3, -0.25) is 14.9 Å². The van der Waals surface area contributed by atoms with Gasteiger partial charge in [-0.05, 0) is 60.7 Å². The summed E-state index contributed by atoms with van der Waals surface area (Å²) in [6, 6.07) is 18.6. The van der Waals surface area contributed by atoms with Crippen LogP contribution in [0.25, 0.3) is 0 Å². The normalized spacial score (nSPS) is 19.1. The van der Waals surface area contributed by atoms with E-state index in [-0.39, 0.29) is 23.3 Å². The van der Waals surface area contributed by atoms with Gasteiger partial charge < -0.3 is 10.6 Å². The molecule has 1 fully saturated rings. The fraction of sp³-hybridized carbons (Fsp3) is 0.310. The van der Waals surface area contributed by atoms with Crippen LogP contribution in [0.1, 0.15) is 49.1 Å². The number of fused-ring (bicyclic) bond motifs is 1. The van der Waals surface area contributed by atoms with E-state index in [0.29, 0.717) is 34.8 Å². The van der Waals surface area contributed by atoms with Crippen LogP contribution in [0, 0.1) is 5.82 Å². The third kappa shape index (κ3) is 5.37. The first-order valence-corrected chi connectivity index (χ1v) is 13.3. The maximum absolute atomic E-state index is 15.0. The molecule has 2 unspecified atom stereocenters. The number of amides is 2. The van der Waals surface area contributed by atoms with E-state index < -0.39 is 23.3 Å². The van der Waals surface area contributed by atoms with Gasteiger partial charge in [0.05, 0.1) is 17.0 Å². The molecule has 3 aromatic carbocycles. The van der Waals surface area contributed by atoms with Crippen molar-refractivity contribution in [2.45, 2.75) is 56.0 Å². The third-order valence-electron chi connectivity index (χ3n) is 7.42. The van der Waals surface area contributed by atoms with Gasteiger partial charge in [-0.1, -0.05) is 78.9 Å². The van der Waals surface area contributed by atoms with Gasteiger partial charge in [0.25, 0.3) is 0 Å². The molecular weight excluding hydrogens is 512 g/mol. The molecule has 3 N–H and O–H groups in total. The molecule has 3 aromatic rings. The van der Waals surface area contributed by atoms with Gasteiger partial charge in [-0.2, -0.15) is 0 Å². The monoisotopic (exact) mass is 539 g/mol. The Morgan fingerprint density at radius 1 is 1.03 bits per heavy atom. The summed E-state index contributed by atoms with van der Waals surface area (Å²) in [7, 11) is 0. The minimum absolute atomic E-state index is 0.00748. The van der Waals surface area contributed by atoms with Crippen molar-refractivity contribution in [3.63, 3.8) is 0 Å². The van der Waals surface area contributed by atoms with Gasteiger partial charge in [0, 0.05) is 21.9 Å². The van der Waals surface area contributed by atoms with Crippen molar-refractivity contribution in [3.8, 4) is 0 Å². The number of rotatable bonds is 7. The molecule has 2 amide bonds. The van der Waals surface area contributed by atoms with E-state index in [2.05, 4.69) is 16.0 Å². The van der Waals surface area contributed by atoms with Gasteiger partial charge in [-0.25, -0.2) is 4.39 Å². The molecule has 0 radical (unpaired) electrons. The van der Waals surface area contributed by atoms with Crippen molar-refractivity contribution in [2.75, 3.05) is 10.6 Å². The number of nitrogens with one attached hydrogen (secondary N) is 3. The Kier molecular flexibility index (Phi) is 7.52. The summed E-state index contributed by atoms with van der Waals surface area (Å²) in [6.45, 7) is 0. The lowest BCUT2D eigenvalue weighted by molar-refractivity contribution is -0.122. The van der Waals surface area contributed by atoms with E-state index in [1.54, 1.807) is 36.4 Å². The molecule has 1 aliphatic carbocycles. The molecule has 0 spiro atoms. The van der Waals surface area contributed by atoms with Crippen LogP contribution in [0.3, 0.4) is 0 Å². The summed E-state index contributed by atoms with van der Waals surface area (Å²) in [5, 5.41) is 10.1. The highest BCUT2D eigenvalue weighted by molar-refractivity contribution is 6.31. The summed E-state index contributed by atoms with van der Waals surface area (Å²) in [5.74, 6) is -1.47. The van der Waals surface area contributed by atoms with E-state index >= 15 is 0 Å². The van der Waals surface area contributed by atoms with Crippen LogP contribution in [0.5, 0.6) is 0 Å². The van der Waals surface area contributed by atoms with E-state index in [1.165, 1.54) is 6.07 Å². The van der Waals surface area contributed by atoms with Crippen LogP contribution in [-0.4, -0.2) is 23.4 Å². The average molecular weight is 540 g/mol. The Hall–Kier alpha value is -2.93. The molecule has 2 atom stereocenters. The number of carbonyl (C=O) groups excluding carboxylic acids is 2. The van der Waals surface area contributed by atoms with E-state index in [4.69, 9.17) is 23.2 Å². The predicted octanol–water partition coefficient (Wildman–Crippen LogP) is 6.71. The van der Waals surface area contributed by atoms with Gasteiger partial charge in [0.15, 0.2) is 0 Å². The number of hydrogen-bond donors (Lipinski definition) is 3. The molecule has 2 aliphatic rings. The Bertz CT molecular complexity index is 1310. The van der Waals surface area contributed by atoms with E-state index in [0.717, 1.165) is 24.8 Å². The van der Waals surface area contributed by atoms with Crippen molar-refractivity contribution in [1.29, 1.82) is 0 Å². The summed E-state index contributed by atoms with van der Waals surface area (Å²) in [5.41, 5.74) is 1.85. The van der Waals surface area contributed by atoms with Gasteiger partial charge in [0.2, 0.25) is 11.8 Å². The van der Waals surface area contributed by atoms with Crippen LogP contribution in [0.4, 0.5) is 15.8 Å². The molecule has 8 heteroatoms. The summed E-state index contributed by atoms with van der Waals surface area (Å²) in [4.78, 5) is 27.0. The van der Waals surface area contributed by atoms with Gasteiger partial charge in [-0.15, -0.1) is 0 Å². The van der Waals surface area contributed by atoms with E-state index in [9.17, 15) is 14.0 Å². The molecule has 37 heavy (non-hydrogen) atoms. The predicted molar refractivity (Wildman–Crippen MR) is 146 cm³/mol. The lowest BCUT2D eigenvalue weighted by Gasteiger charge is -2.44. The number of hydrogen-bond acceptors (Lipinski definition) is 3. The molecule has 0 bridgehead atoms. The van der Waals surface area contributed by atoms with Crippen molar-refractivity contribution < 1.29 is 14.0 Å². The molecular formula is C29H28Cl2FN3O2. The van der Waals surface area contributed by atoms with Gasteiger partial charge in [0.1, 0.15) is 5.82 Å². The Morgan fingerprint density at radius 2 is 1.78 bits per heavy atom. The van der Waals surface area contributed by atoms with E-state index in [1.807, 2.05) is 24.3 Å². The van der Waals surface area contributed by atoms with Gasteiger partial charge >= 0.3 is 0 Å². The minimum atomic E-state index is -0.810. The standard InChI is InChI=1S/C29H28Cl2FN3O2/c30-19-12-13-21-23(17-19)34-28(37)25(21)29(14-5-2-6-15-29)35-24(16-18-8-7-11-22(31)26(18)32)27(36)33-20-9-3-1-4-10-20/h1,3-4,7-13,17,24-25,35H,2,5-6,14-16H2,(H,33,36)(H,34,37). The topological polar surface area (TPSA) is 70.2 Å². The molecule has 1 aliphatic heterocycles. The maximum Gasteiger partial charge on any atom is 0.241 e.